The second kappa shape index (κ2) is 8.13. The molecule has 0 radical (unpaired) electrons. The number of aromatic nitrogens is 2. The van der Waals surface area contributed by atoms with Crippen LogP contribution < -0.4 is 0 Å². The van der Waals surface area contributed by atoms with E-state index in [9.17, 15) is 79.4 Å². The summed E-state index contributed by atoms with van der Waals surface area (Å²) in [5, 5.41) is 0. The van der Waals surface area contributed by atoms with Crippen LogP contribution in [0, 0.1) is 0 Å². The molecule has 0 aromatic carbocycles. The second-order valence-electron chi connectivity index (χ2n) is 6.51. The number of halogens is 17. The van der Waals surface area contributed by atoms with Crippen LogP contribution in [0.25, 0.3) is 0 Å². The third-order valence-corrected chi connectivity index (χ3v) is 4.22. The minimum absolute atomic E-state index is 0.799. The standard InChI is InChI=1S/C14H7F17N2O/c15-7(16,2-1-5(34)6-32-3-4-33-6)8(17,18)9(19,20)10(21,22)11(23,24)12(25,26)13(27,28)14(29,30)31/h3-4H,1-2H2,(H,32,33). The summed E-state index contributed by atoms with van der Waals surface area (Å²) in [7, 11) is 0. The van der Waals surface area contributed by atoms with Crippen LogP contribution in [0.2, 0.25) is 0 Å². The van der Waals surface area contributed by atoms with Crippen molar-refractivity contribution in [1.82, 2.24) is 9.97 Å². The first-order valence-electron chi connectivity index (χ1n) is 7.98. The van der Waals surface area contributed by atoms with Crippen molar-refractivity contribution in [3.05, 3.63) is 18.2 Å². The molecule has 198 valence electrons. The number of imidazole rings is 1. The quantitative estimate of drug-likeness (QED) is 0.276. The summed E-state index contributed by atoms with van der Waals surface area (Å²) in [6, 6.07) is 0. The number of aromatic amines is 1. The highest BCUT2D eigenvalue weighted by molar-refractivity contribution is 5.92. The van der Waals surface area contributed by atoms with Crippen LogP contribution in [0.15, 0.2) is 12.4 Å². The highest BCUT2D eigenvalue weighted by Crippen LogP contribution is 2.64. The molecule has 0 fully saturated rings. The average Bonchev–Trinajstić information content (AvgIpc) is 3.19. The van der Waals surface area contributed by atoms with Gasteiger partial charge >= 0.3 is 47.6 Å². The number of carbonyl (C=O) groups is 1. The molecule has 3 nitrogen and oxygen atoms in total. The van der Waals surface area contributed by atoms with Gasteiger partial charge in [-0.05, 0) is 0 Å². The molecule has 0 aliphatic carbocycles. The molecule has 0 amide bonds. The molecular formula is C14H7F17N2O. The molecule has 0 aliphatic rings. The van der Waals surface area contributed by atoms with Crippen molar-refractivity contribution in [2.45, 2.75) is 60.5 Å². The lowest BCUT2D eigenvalue weighted by Gasteiger charge is -2.42. The van der Waals surface area contributed by atoms with Crippen molar-refractivity contribution in [2.24, 2.45) is 0 Å². The Hall–Kier alpha value is -2.31. The Labute approximate surface area is 175 Å². The maximum absolute atomic E-state index is 13.6. The topological polar surface area (TPSA) is 45.8 Å². The van der Waals surface area contributed by atoms with E-state index in [2.05, 4.69) is 4.98 Å². The van der Waals surface area contributed by atoms with Gasteiger partial charge in [0.05, 0.1) is 0 Å². The zero-order valence-electron chi connectivity index (χ0n) is 15.3. The van der Waals surface area contributed by atoms with E-state index in [1.54, 1.807) is 0 Å². The maximum atomic E-state index is 13.6. The van der Waals surface area contributed by atoms with Crippen LogP contribution in [0.1, 0.15) is 23.5 Å². The van der Waals surface area contributed by atoms with Gasteiger partial charge in [-0.25, -0.2) is 4.98 Å². The van der Waals surface area contributed by atoms with Crippen molar-refractivity contribution in [2.75, 3.05) is 0 Å². The fourth-order valence-corrected chi connectivity index (χ4v) is 2.16. The fraction of sp³-hybridized carbons (Fsp3) is 0.714. The smallest absolute Gasteiger partial charge is 0.342 e. The van der Waals surface area contributed by atoms with E-state index in [0.29, 0.717) is 0 Å². The molecule has 0 atom stereocenters. The summed E-state index contributed by atoms with van der Waals surface area (Å²) in [6.45, 7) is 0. The number of ketones is 1. The molecule has 1 aromatic heterocycles. The highest BCUT2D eigenvalue weighted by Gasteiger charge is 2.95. The second-order valence-corrected chi connectivity index (χ2v) is 6.51. The minimum Gasteiger partial charge on any atom is -0.342 e. The zero-order chi connectivity index (χ0) is 27.4. The van der Waals surface area contributed by atoms with Gasteiger partial charge in [-0.2, -0.15) is 74.6 Å². The van der Waals surface area contributed by atoms with Gasteiger partial charge in [0.25, 0.3) is 0 Å². The van der Waals surface area contributed by atoms with Crippen LogP contribution >= 0.6 is 0 Å². The van der Waals surface area contributed by atoms with Crippen LogP contribution in [0.5, 0.6) is 0 Å². The van der Waals surface area contributed by atoms with Gasteiger partial charge in [0.2, 0.25) is 0 Å². The van der Waals surface area contributed by atoms with Gasteiger partial charge < -0.3 is 4.98 Å². The predicted octanol–water partition coefficient (Wildman–Crippen LogP) is 6.38. The molecule has 20 heteroatoms. The van der Waals surface area contributed by atoms with Crippen molar-refractivity contribution >= 4 is 5.78 Å². The molecule has 1 aromatic rings. The molecule has 34 heavy (non-hydrogen) atoms. The lowest BCUT2D eigenvalue weighted by atomic mass is 9.88. The summed E-state index contributed by atoms with van der Waals surface area (Å²) in [4.78, 5) is 16.4. The largest absolute Gasteiger partial charge is 0.460 e. The predicted molar refractivity (Wildman–Crippen MR) is 72.8 cm³/mol. The first-order chi connectivity index (χ1) is 14.7. The number of hydrogen-bond donors (Lipinski definition) is 1. The minimum atomic E-state index is -8.67. The number of H-pyrrole nitrogens is 1. The van der Waals surface area contributed by atoms with E-state index < -0.39 is 72.1 Å². The van der Waals surface area contributed by atoms with Crippen LogP contribution in [0.4, 0.5) is 74.6 Å². The SMILES string of the molecule is O=C(CCC(F)(F)C(F)(F)C(F)(F)C(F)(F)C(F)(F)C(F)(F)C(F)(F)C(F)(F)F)c1ncc[nH]1. The summed E-state index contributed by atoms with van der Waals surface area (Å²) in [5.41, 5.74) is 0. The molecule has 0 unspecified atom stereocenters. The first kappa shape index (κ1) is 29.7. The van der Waals surface area contributed by atoms with Crippen LogP contribution in [-0.4, -0.2) is 63.4 Å². The van der Waals surface area contributed by atoms with Gasteiger partial charge in [0.1, 0.15) is 0 Å². The molecule has 0 bridgehead atoms. The summed E-state index contributed by atoms with van der Waals surface area (Å²) in [5.74, 6) is -59.3. The molecule has 1 heterocycles. The van der Waals surface area contributed by atoms with Gasteiger partial charge in [0.15, 0.2) is 11.6 Å². The average molecular weight is 542 g/mol. The Bertz CT molecular complexity index is 871. The lowest BCUT2D eigenvalue weighted by Crippen LogP contribution is -2.74. The molecule has 0 saturated heterocycles. The van der Waals surface area contributed by atoms with E-state index in [4.69, 9.17) is 0 Å². The molecule has 1 N–H and O–H groups in total. The number of alkyl halides is 17. The molecule has 0 spiro atoms. The van der Waals surface area contributed by atoms with Gasteiger partial charge in [-0.1, -0.05) is 0 Å². The van der Waals surface area contributed by atoms with E-state index in [0.717, 1.165) is 12.4 Å². The van der Waals surface area contributed by atoms with E-state index in [-0.39, 0.29) is 0 Å². The fourth-order valence-electron chi connectivity index (χ4n) is 2.16. The number of nitrogens with one attached hydrogen (secondary N) is 1. The molecule has 1 rings (SSSR count). The Morgan fingerprint density at radius 3 is 1.38 bits per heavy atom. The van der Waals surface area contributed by atoms with Crippen LogP contribution in [0.3, 0.4) is 0 Å². The first-order valence-corrected chi connectivity index (χ1v) is 7.98. The number of hydrogen-bond acceptors (Lipinski definition) is 2. The summed E-state index contributed by atoms with van der Waals surface area (Å²) < 4.78 is 223. The Kier molecular flexibility index (Phi) is 7.11. The van der Waals surface area contributed by atoms with Crippen molar-refractivity contribution in [1.29, 1.82) is 0 Å². The van der Waals surface area contributed by atoms with E-state index in [1.165, 1.54) is 0 Å². The van der Waals surface area contributed by atoms with Gasteiger partial charge in [-0.3, -0.25) is 4.79 Å². The summed E-state index contributed by atoms with van der Waals surface area (Å²) in [6.07, 6.45) is -10.9. The van der Waals surface area contributed by atoms with Crippen molar-refractivity contribution in [3.8, 4) is 0 Å². The number of Topliss-reactive ketones (excluding diaryl/α,β-unsaturated/α-hetero) is 1. The number of carbonyl (C=O) groups excluding carboxylic acids is 1. The number of nitrogens with zero attached hydrogens (tertiary/aromatic N) is 1. The van der Waals surface area contributed by atoms with E-state index in [1.807, 2.05) is 4.98 Å². The monoisotopic (exact) mass is 542 g/mol. The summed E-state index contributed by atoms with van der Waals surface area (Å²) >= 11 is 0. The van der Waals surface area contributed by atoms with E-state index >= 15 is 0 Å². The third-order valence-electron chi connectivity index (χ3n) is 4.22. The lowest BCUT2D eigenvalue weighted by molar-refractivity contribution is -0.461. The Morgan fingerprint density at radius 2 is 1.03 bits per heavy atom. The zero-order valence-corrected chi connectivity index (χ0v) is 15.3. The Balaban J connectivity index is 3.43. The number of rotatable bonds is 10. The third kappa shape index (κ3) is 4.05. The highest BCUT2D eigenvalue weighted by atomic mass is 19.4. The van der Waals surface area contributed by atoms with Crippen LogP contribution in [-0.2, 0) is 0 Å². The Morgan fingerprint density at radius 1 is 0.647 bits per heavy atom. The maximum Gasteiger partial charge on any atom is 0.460 e. The molecular weight excluding hydrogens is 535 g/mol. The van der Waals surface area contributed by atoms with Crippen molar-refractivity contribution < 1.29 is 79.4 Å². The van der Waals surface area contributed by atoms with Gasteiger partial charge in [-0.15, -0.1) is 0 Å². The molecule has 0 aliphatic heterocycles. The van der Waals surface area contributed by atoms with Crippen molar-refractivity contribution in [3.63, 3.8) is 0 Å². The normalized spacial score (nSPS) is 15.6. The molecule has 0 saturated carbocycles. The van der Waals surface area contributed by atoms with Gasteiger partial charge in [0, 0.05) is 25.2 Å².